The van der Waals surface area contributed by atoms with Gasteiger partial charge in [-0.1, -0.05) is 127 Å². The number of carboxylic acids is 1. The summed E-state index contributed by atoms with van der Waals surface area (Å²) in [5.74, 6) is -1.55. The molecule has 8 heteroatoms. The Morgan fingerprint density at radius 2 is 1.14 bits per heavy atom. The maximum Gasteiger partial charge on any atom is 0.362 e. The maximum atomic E-state index is 12.6. The van der Waals surface area contributed by atoms with Crippen LogP contribution in [-0.4, -0.2) is 80.6 Å². The number of ether oxygens (including phenoxy) is 3. The van der Waals surface area contributed by atoms with Gasteiger partial charge in [-0.3, -0.25) is 9.59 Å². The van der Waals surface area contributed by atoms with Crippen LogP contribution in [0.3, 0.4) is 0 Å². The first kappa shape index (κ1) is 48.3. The molecule has 8 nitrogen and oxygen atoms in total. The van der Waals surface area contributed by atoms with Crippen molar-refractivity contribution in [2.24, 2.45) is 0 Å². The molecule has 294 valence electrons. The molecule has 0 fully saturated rings. The summed E-state index contributed by atoms with van der Waals surface area (Å²) in [5, 5.41) is 9.57. The lowest BCUT2D eigenvalue weighted by Crippen LogP contribution is -2.50. The van der Waals surface area contributed by atoms with Gasteiger partial charge in [0.2, 0.25) is 0 Å². The highest BCUT2D eigenvalue weighted by Crippen LogP contribution is 2.13. The number of esters is 2. The van der Waals surface area contributed by atoms with Gasteiger partial charge in [-0.15, -0.1) is 0 Å². The number of nitrogens with zero attached hydrogens (tertiary/aromatic N) is 1. The van der Waals surface area contributed by atoms with Crippen molar-refractivity contribution in [3.05, 3.63) is 48.6 Å². The van der Waals surface area contributed by atoms with Crippen LogP contribution < -0.4 is 0 Å². The average Bonchev–Trinajstić information content (AvgIpc) is 3.08. The first-order valence-corrected chi connectivity index (χ1v) is 20.2. The van der Waals surface area contributed by atoms with E-state index in [1.807, 2.05) is 27.2 Å². The first-order chi connectivity index (χ1) is 24.6. The van der Waals surface area contributed by atoms with Crippen LogP contribution in [0.25, 0.3) is 0 Å². The maximum absolute atomic E-state index is 12.6. The number of carbonyl (C=O) groups excluding carboxylic acids is 2. The second kappa shape index (κ2) is 34.4. The van der Waals surface area contributed by atoms with Crippen LogP contribution in [0.4, 0.5) is 0 Å². The van der Waals surface area contributed by atoms with Crippen LogP contribution in [-0.2, 0) is 28.6 Å². The molecule has 0 aromatic carbocycles. The summed E-state index contributed by atoms with van der Waals surface area (Å²) in [5.41, 5.74) is 0. The number of allylic oxidation sites excluding steroid dienone is 8. The fourth-order valence-corrected chi connectivity index (χ4v) is 5.59. The quantitative estimate of drug-likeness (QED) is 0.0301. The van der Waals surface area contributed by atoms with E-state index in [1.54, 1.807) is 0 Å². The molecule has 0 rings (SSSR count). The van der Waals surface area contributed by atoms with Crippen molar-refractivity contribution in [3.63, 3.8) is 0 Å². The van der Waals surface area contributed by atoms with Crippen molar-refractivity contribution in [2.75, 3.05) is 41.0 Å². The van der Waals surface area contributed by atoms with Gasteiger partial charge in [-0.05, 0) is 57.8 Å². The zero-order valence-corrected chi connectivity index (χ0v) is 33.3. The van der Waals surface area contributed by atoms with Gasteiger partial charge in [-0.25, -0.2) is 4.79 Å². The van der Waals surface area contributed by atoms with E-state index in [0.717, 1.165) is 57.8 Å². The smallest absolute Gasteiger partial charge is 0.362 e. The Morgan fingerprint density at radius 1 is 0.608 bits per heavy atom. The van der Waals surface area contributed by atoms with Crippen molar-refractivity contribution in [3.8, 4) is 0 Å². The van der Waals surface area contributed by atoms with E-state index in [1.165, 1.54) is 57.8 Å². The Labute approximate surface area is 312 Å². The molecule has 0 heterocycles. The van der Waals surface area contributed by atoms with Crippen molar-refractivity contribution in [1.82, 2.24) is 0 Å². The third-order valence-electron chi connectivity index (χ3n) is 8.73. The predicted octanol–water partition coefficient (Wildman–Crippen LogP) is 10.5. The summed E-state index contributed by atoms with van der Waals surface area (Å²) in [4.78, 5) is 36.7. The van der Waals surface area contributed by atoms with Crippen molar-refractivity contribution < 1.29 is 38.2 Å². The molecule has 1 N–H and O–H groups in total. The number of unbranched alkanes of at least 4 members (excludes halogenated alkanes) is 13. The summed E-state index contributed by atoms with van der Waals surface area (Å²) in [6.07, 6.45) is 38.9. The summed E-state index contributed by atoms with van der Waals surface area (Å²) in [6.45, 7) is 4.52. The molecule has 0 saturated carbocycles. The lowest BCUT2D eigenvalue weighted by molar-refractivity contribution is -0.887. The Hall–Kier alpha value is -2.71. The lowest BCUT2D eigenvalue weighted by atomic mass is 10.1. The number of quaternary nitrogens is 1. The fourth-order valence-electron chi connectivity index (χ4n) is 5.59. The molecule has 0 aromatic heterocycles. The zero-order chi connectivity index (χ0) is 37.8. The Bertz CT molecular complexity index is 979. The summed E-state index contributed by atoms with van der Waals surface area (Å²) >= 11 is 0. The Morgan fingerprint density at radius 3 is 1.73 bits per heavy atom. The van der Waals surface area contributed by atoms with Crippen LogP contribution in [0, 0.1) is 0 Å². The van der Waals surface area contributed by atoms with E-state index in [9.17, 15) is 19.5 Å². The van der Waals surface area contributed by atoms with Crippen LogP contribution in [0.1, 0.15) is 155 Å². The van der Waals surface area contributed by atoms with Gasteiger partial charge in [0.1, 0.15) is 6.61 Å². The molecule has 2 atom stereocenters. The highest BCUT2D eigenvalue weighted by molar-refractivity contribution is 5.72. The lowest BCUT2D eigenvalue weighted by Gasteiger charge is -2.31. The van der Waals surface area contributed by atoms with Gasteiger partial charge in [0.15, 0.2) is 12.1 Å². The molecular formula is C43H76NO7+. The molecule has 0 aromatic rings. The monoisotopic (exact) mass is 719 g/mol. The van der Waals surface area contributed by atoms with E-state index >= 15 is 0 Å². The van der Waals surface area contributed by atoms with E-state index in [2.05, 4.69) is 56.4 Å². The van der Waals surface area contributed by atoms with Crippen LogP contribution in [0.2, 0.25) is 0 Å². The van der Waals surface area contributed by atoms with Crippen LogP contribution >= 0.6 is 0 Å². The van der Waals surface area contributed by atoms with E-state index in [-0.39, 0.29) is 42.7 Å². The second-order valence-corrected chi connectivity index (χ2v) is 14.5. The second-order valence-electron chi connectivity index (χ2n) is 14.5. The first-order valence-electron chi connectivity index (χ1n) is 20.2. The standard InChI is InChI=1S/C43H75NO7/c1-6-8-10-12-14-16-17-18-19-20-21-22-23-24-25-26-28-29-31-33-41(45)50-38-39(37-49-36-35-40(43(47)48)44(3,4)5)51-42(46)34-32-30-27-15-13-11-9-7-2/h8,10,14,16,18-19,27,30,39-40H,6-7,9,11-13,15,17,20-26,28-29,31-38H2,1-5H3/p+1/b10-8+,16-14+,19-18+,30-27+. The molecule has 0 radical (unpaired) electrons. The van der Waals surface area contributed by atoms with Gasteiger partial charge in [-0.2, -0.15) is 0 Å². The zero-order valence-electron chi connectivity index (χ0n) is 33.3. The van der Waals surface area contributed by atoms with Crippen molar-refractivity contribution in [1.29, 1.82) is 0 Å². The summed E-state index contributed by atoms with van der Waals surface area (Å²) in [6, 6.07) is -0.619. The van der Waals surface area contributed by atoms with Crippen molar-refractivity contribution >= 4 is 17.9 Å². The number of rotatable bonds is 35. The fraction of sp³-hybridized carbons (Fsp3) is 0.744. The van der Waals surface area contributed by atoms with Crippen molar-refractivity contribution in [2.45, 2.75) is 167 Å². The molecule has 51 heavy (non-hydrogen) atoms. The topological polar surface area (TPSA) is 99.1 Å². The molecule has 0 saturated heterocycles. The number of hydrogen-bond donors (Lipinski definition) is 1. The third-order valence-corrected chi connectivity index (χ3v) is 8.73. The molecule has 0 aliphatic heterocycles. The van der Waals surface area contributed by atoms with Gasteiger partial charge < -0.3 is 23.8 Å². The number of carboxylic acid groups (broad SMARTS) is 1. The molecule has 0 aliphatic carbocycles. The van der Waals surface area contributed by atoms with Gasteiger partial charge >= 0.3 is 17.9 Å². The minimum atomic E-state index is -0.883. The number of likely N-dealkylation sites (N-methyl/N-ethyl adjacent to an activating group) is 1. The normalized spacial score (nSPS) is 13.5. The Balaban J connectivity index is 4.29. The Kier molecular flexibility index (Phi) is 32.6. The highest BCUT2D eigenvalue weighted by atomic mass is 16.6. The van der Waals surface area contributed by atoms with Crippen LogP contribution in [0.15, 0.2) is 48.6 Å². The molecular weight excluding hydrogens is 642 g/mol. The summed E-state index contributed by atoms with van der Waals surface area (Å²) < 4.78 is 17.1. The van der Waals surface area contributed by atoms with Gasteiger partial charge in [0.25, 0.3) is 0 Å². The molecule has 0 spiro atoms. The number of hydrogen-bond acceptors (Lipinski definition) is 6. The van der Waals surface area contributed by atoms with Gasteiger partial charge in [0, 0.05) is 19.3 Å². The highest BCUT2D eigenvalue weighted by Gasteiger charge is 2.31. The van der Waals surface area contributed by atoms with Gasteiger partial charge in [0.05, 0.1) is 34.4 Å². The largest absolute Gasteiger partial charge is 0.477 e. The van der Waals surface area contributed by atoms with E-state index < -0.39 is 18.1 Å². The molecule has 2 unspecified atom stereocenters. The molecule has 0 amide bonds. The van der Waals surface area contributed by atoms with E-state index in [0.29, 0.717) is 19.3 Å². The molecule has 0 aliphatic rings. The summed E-state index contributed by atoms with van der Waals surface area (Å²) in [7, 11) is 5.50. The SMILES string of the molecule is CC/C=C/C/C=C/C/C=C/CCCCCCCCCCCC(=O)OCC(COCCC(C(=O)O)[N+](C)(C)C)OC(=O)CC/C=C/CCCCCC. The average molecular weight is 719 g/mol. The number of aliphatic carboxylic acids is 1. The predicted molar refractivity (Wildman–Crippen MR) is 211 cm³/mol. The molecule has 0 bridgehead atoms. The van der Waals surface area contributed by atoms with E-state index in [4.69, 9.17) is 14.2 Å². The minimum Gasteiger partial charge on any atom is -0.477 e. The van der Waals surface area contributed by atoms with Crippen LogP contribution in [0.5, 0.6) is 0 Å². The number of carbonyl (C=O) groups is 3. The third kappa shape index (κ3) is 32.9. The minimum absolute atomic E-state index is 0.0431.